The number of benzene rings is 2. The van der Waals surface area contributed by atoms with E-state index < -0.39 is 30.9 Å². The number of carbonyl (C=O) groups excluding carboxylic acids is 3. The summed E-state index contributed by atoms with van der Waals surface area (Å²) in [6.07, 6.45) is 0. The summed E-state index contributed by atoms with van der Waals surface area (Å²) in [6.45, 7) is 2.92. The predicted molar refractivity (Wildman–Crippen MR) is 104 cm³/mol. The van der Waals surface area contributed by atoms with Crippen LogP contribution in [0.25, 0.3) is 0 Å². The molecule has 2 amide bonds. The summed E-state index contributed by atoms with van der Waals surface area (Å²) in [5.74, 6) is -1.76. The molecular weight excluding hydrogens is 391 g/mol. The maximum Gasteiger partial charge on any atom is 0.325 e. The van der Waals surface area contributed by atoms with Crippen molar-refractivity contribution in [3.8, 4) is 0 Å². The van der Waals surface area contributed by atoms with Gasteiger partial charge in [0.2, 0.25) is 0 Å². The Morgan fingerprint density at radius 3 is 2.48 bits per heavy atom. The van der Waals surface area contributed by atoms with E-state index in [0.29, 0.717) is 10.7 Å². The van der Waals surface area contributed by atoms with E-state index in [1.807, 2.05) is 32.0 Å². The van der Waals surface area contributed by atoms with Gasteiger partial charge in [-0.1, -0.05) is 35.3 Å². The van der Waals surface area contributed by atoms with Crippen LogP contribution in [0, 0.1) is 13.8 Å². The van der Waals surface area contributed by atoms with Crippen molar-refractivity contribution >= 4 is 46.7 Å². The predicted octanol–water partition coefficient (Wildman–Crippen LogP) is 3.52. The summed E-state index contributed by atoms with van der Waals surface area (Å²) in [5, 5.41) is 5.61. The van der Waals surface area contributed by atoms with Crippen LogP contribution in [0.4, 0.5) is 5.69 Å². The van der Waals surface area contributed by atoms with Gasteiger partial charge in [0.1, 0.15) is 6.54 Å². The Morgan fingerprint density at radius 2 is 1.78 bits per heavy atom. The third kappa shape index (κ3) is 6.27. The average Bonchev–Trinajstić information content (AvgIpc) is 2.61. The summed E-state index contributed by atoms with van der Waals surface area (Å²) in [7, 11) is 0. The van der Waals surface area contributed by atoms with E-state index in [0.717, 1.165) is 11.1 Å². The zero-order valence-electron chi connectivity index (χ0n) is 14.8. The van der Waals surface area contributed by atoms with Crippen molar-refractivity contribution in [1.82, 2.24) is 5.32 Å². The van der Waals surface area contributed by atoms with Crippen molar-refractivity contribution in [1.29, 1.82) is 0 Å². The standard InChI is InChI=1S/C19H18Cl2N2O4/c1-11-3-4-12(2)16(7-11)23-17(24)10-27-18(25)9-22-19(26)14-6-5-13(20)8-15(14)21/h3-8H,9-10H2,1-2H3,(H,22,26)(H,23,24). The molecule has 0 bridgehead atoms. The third-order valence-electron chi connectivity index (χ3n) is 3.60. The monoisotopic (exact) mass is 408 g/mol. The van der Waals surface area contributed by atoms with E-state index in [1.54, 1.807) is 0 Å². The van der Waals surface area contributed by atoms with Gasteiger partial charge in [-0.3, -0.25) is 14.4 Å². The molecule has 2 N–H and O–H groups in total. The highest BCUT2D eigenvalue weighted by molar-refractivity contribution is 6.36. The van der Waals surface area contributed by atoms with Crippen LogP contribution in [0.1, 0.15) is 21.5 Å². The Balaban J connectivity index is 1.79. The van der Waals surface area contributed by atoms with Gasteiger partial charge in [-0.05, 0) is 49.2 Å². The number of nitrogens with one attached hydrogen (secondary N) is 2. The van der Waals surface area contributed by atoms with Crippen LogP contribution < -0.4 is 10.6 Å². The van der Waals surface area contributed by atoms with Gasteiger partial charge in [-0.15, -0.1) is 0 Å². The van der Waals surface area contributed by atoms with Crippen LogP contribution in [-0.2, 0) is 14.3 Å². The van der Waals surface area contributed by atoms with Crippen LogP contribution in [0.2, 0.25) is 10.0 Å². The molecule has 0 aliphatic carbocycles. The SMILES string of the molecule is Cc1ccc(C)c(NC(=O)COC(=O)CNC(=O)c2ccc(Cl)cc2Cl)c1. The van der Waals surface area contributed by atoms with Gasteiger partial charge in [0.15, 0.2) is 6.61 Å². The number of aryl methyl sites for hydroxylation is 2. The van der Waals surface area contributed by atoms with Crippen LogP contribution in [0.15, 0.2) is 36.4 Å². The molecule has 0 radical (unpaired) electrons. The fourth-order valence-corrected chi connectivity index (χ4v) is 2.67. The molecule has 2 aromatic rings. The van der Waals surface area contributed by atoms with Crippen molar-refractivity contribution in [3.63, 3.8) is 0 Å². The molecular formula is C19H18Cl2N2O4. The molecule has 6 nitrogen and oxygen atoms in total. The minimum atomic E-state index is -0.746. The molecule has 0 fully saturated rings. The van der Waals surface area contributed by atoms with Crippen LogP contribution in [-0.4, -0.2) is 30.9 Å². The van der Waals surface area contributed by atoms with Gasteiger partial charge >= 0.3 is 5.97 Å². The van der Waals surface area contributed by atoms with E-state index >= 15 is 0 Å². The highest BCUT2D eigenvalue weighted by Crippen LogP contribution is 2.20. The molecule has 2 rings (SSSR count). The van der Waals surface area contributed by atoms with E-state index in [4.69, 9.17) is 27.9 Å². The number of hydrogen-bond donors (Lipinski definition) is 2. The molecule has 0 saturated heterocycles. The first-order valence-electron chi connectivity index (χ1n) is 8.02. The lowest BCUT2D eigenvalue weighted by molar-refractivity contribution is -0.146. The lowest BCUT2D eigenvalue weighted by atomic mass is 10.1. The number of ether oxygens (including phenoxy) is 1. The molecule has 0 spiro atoms. The minimum Gasteiger partial charge on any atom is -0.454 e. The normalized spacial score (nSPS) is 10.2. The lowest BCUT2D eigenvalue weighted by Crippen LogP contribution is -2.32. The largest absolute Gasteiger partial charge is 0.454 e. The molecule has 0 atom stereocenters. The van der Waals surface area contributed by atoms with Crippen LogP contribution >= 0.6 is 23.2 Å². The molecule has 0 saturated carbocycles. The van der Waals surface area contributed by atoms with Gasteiger partial charge in [0, 0.05) is 10.7 Å². The van der Waals surface area contributed by atoms with Gasteiger partial charge < -0.3 is 15.4 Å². The molecule has 0 aromatic heterocycles. The van der Waals surface area contributed by atoms with Crippen LogP contribution in [0.3, 0.4) is 0 Å². The van der Waals surface area contributed by atoms with E-state index in [2.05, 4.69) is 10.6 Å². The highest BCUT2D eigenvalue weighted by Gasteiger charge is 2.14. The molecule has 0 unspecified atom stereocenters. The number of halogens is 2. The van der Waals surface area contributed by atoms with Crippen molar-refractivity contribution < 1.29 is 19.1 Å². The number of esters is 1. The molecule has 27 heavy (non-hydrogen) atoms. The fourth-order valence-electron chi connectivity index (χ4n) is 2.18. The zero-order chi connectivity index (χ0) is 20.0. The van der Waals surface area contributed by atoms with E-state index in [-0.39, 0.29) is 10.6 Å². The first kappa shape index (κ1) is 20.7. The van der Waals surface area contributed by atoms with Crippen molar-refractivity contribution in [2.24, 2.45) is 0 Å². The van der Waals surface area contributed by atoms with Crippen molar-refractivity contribution in [2.45, 2.75) is 13.8 Å². The van der Waals surface area contributed by atoms with E-state index in [9.17, 15) is 14.4 Å². The summed E-state index contributed by atoms with van der Waals surface area (Å²) in [4.78, 5) is 35.6. The van der Waals surface area contributed by atoms with E-state index in [1.165, 1.54) is 18.2 Å². The van der Waals surface area contributed by atoms with Gasteiger partial charge in [-0.25, -0.2) is 0 Å². The fraction of sp³-hybridized carbons (Fsp3) is 0.211. The zero-order valence-corrected chi connectivity index (χ0v) is 16.3. The number of hydrogen-bond acceptors (Lipinski definition) is 4. The second-order valence-electron chi connectivity index (χ2n) is 5.83. The third-order valence-corrected chi connectivity index (χ3v) is 4.15. The molecule has 2 aromatic carbocycles. The summed E-state index contributed by atoms with van der Waals surface area (Å²) >= 11 is 11.7. The van der Waals surface area contributed by atoms with Gasteiger partial charge in [-0.2, -0.15) is 0 Å². The number of rotatable bonds is 6. The Labute approximate surface area is 166 Å². The number of anilines is 1. The first-order chi connectivity index (χ1) is 12.8. The summed E-state index contributed by atoms with van der Waals surface area (Å²) in [5.41, 5.74) is 2.73. The second kappa shape index (κ2) is 9.39. The van der Waals surface area contributed by atoms with Gasteiger partial charge in [0.25, 0.3) is 11.8 Å². The smallest absolute Gasteiger partial charge is 0.325 e. The summed E-state index contributed by atoms with van der Waals surface area (Å²) < 4.78 is 4.86. The topological polar surface area (TPSA) is 84.5 Å². The lowest BCUT2D eigenvalue weighted by Gasteiger charge is -2.10. The molecule has 0 aliphatic heterocycles. The van der Waals surface area contributed by atoms with Gasteiger partial charge in [0.05, 0.1) is 10.6 Å². The maximum absolute atomic E-state index is 12.0. The quantitative estimate of drug-likeness (QED) is 0.716. The second-order valence-corrected chi connectivity index (χ2v) is 6.68. The average molecular weight is 409 g/mol. The Morgan fingerprint density at radius 1 is 1.04 bits per heavy atom. The maximum atomic E-state index is 12.0. The Bertz CT molecular complexity index is 884. The summed E-state index contributed by atoms with van der Waals surface area (Å²) in [6, 6.07) is 10.0. The Hall–Kier alpha value is -2.57. The molecule has 142 valence electrons. The number of carbonyl (C=O) groups is 3. The molecule has 0 aliphatic rings. The van der Waals surface area contributed by atoms with Crippen LogP contribution in [0.5, 0.6) is 0 Å². The Kier molecular flexibility index (Phi) is 7.21. The van der Waals surface area contributed by atoms with Crippen molar-refractivity contribution in [2.75, 3.05) is 18.5 Å². The molecule has 8 heteroatoms. The highest BCUT2D eigenvalue weighted by atomic mass is 35.5. The van der Waals surface area contributed by atoms with Crippen molar-refractivity contribution in [3.05, 3.63) is 63.1 Å². The minimum absolute atomic E-state index is 0.168. The first-order valence-corrected chi connectivity index (χ1v) is 8.78. The number of amides is 2. The molecule has 0 heterocycles.